The molecule has 1 atom stereocenters. The Morgan fingerprint density at radius 1 is 1.59 bits per heavy atom. The third-order valence-electron chi connectivity index (χ3n) is 3.41. The molecule has 1 N–H and O–H groups in total. The Morgan fingerprint density at radius 3 is 2.82 bits per heavy atom. The fraction of sp³-hybridized carbons (Fsp3) is 0.462. The normalized spacial score (nSPS) is 17.6. The van der Waals surface area contributed by atoms with Gasteiger partial charge in [0, 0.05) is 16.8 Å². The highest BCUT2D eigenvalue weighted by Gasteiger charge is 2.28. The molecule has 1 fully saturated rings. The van der Waals surface area contributed by atoms with Crippen LogP contribution in [0, 0.1) is 17.7 Å². The van der Waals surface area contributed by atoms with Gasteiger partial charge < -0.3 is 5.32 Å². The van der Waals surface area contributed by atoms with Crippen LogP contribution >= 0.6 is 15.9 Å². The number of carbonyl (C=O) groups excluding carboxylic acids is 1. The van der Waals surface area contributed by atoms with Crippen LogP contribution in [0.25, 0.3) is 0 Å². The Labute approximate surface area is 109 Å². The van der Waals surface area contributed by atoms with Crippen molar-refractivity contribution in [3.8, 4) is 0 Å². The van der Waals surface area contributed by atoms with Gasteiger partial charge >= 0.3 is 0 Å². The van der Waals surface area contributed by atoms with Crippen LogP contribution in [0.3, 0.4) is 0 Å². The molecule has 1 aromatic rings. The highest BCUT2D eigenvalue weighted by Crippen LogP contribution is 2.23. The summed E-state index contributed by atoms with van der Waals surface area (Å²) in [6.45, 7) is 3.83. The zero-order valence-electron chi connectivity index (χ0n) is 9.67. The molecule has 1 unspecified atom stereocenters. The van der Waals surface area contributed by atoms with Gasteiger partial charge in [0.2, 0.25) is 0 Å². The van der Waals surface area contributed by atoms with Gasteiger partial charge in [0.15, 0.2) is 0 Å². The van der Waals surface area contributed by atoms with Gasteiger partial charge in [0.05, 0.1) is 0 Å². The van der Waals surface area contributed by atoms with Crippen molar-refractivity contribution in [1.29, 1.82) is 0 Å². The minimum Gasteiger partial charge on any atom is -0.316 e. The van der Waals surface area contributed by atoms with Crippen LogP contribution in [0.5, 0.6) is 0 Å². The van der Waals surface area contributed by atoms with Crippen LogP contribution in [-0.2, 0) is 11.2 Å². The fourth-order valence-electron chi connectivity index (χ4n) is 1.94. The standard InChI is InChI=1S/C13H15BrFNO/c1-8(10-6-16-7-10)13(17)4-9-2-3-11(15)5-12(9)14/h2-3,5,8,10,16H,4,6-7H2,1H3. The number of ketones is 1. The Hall–Kier alpha value is -0.740. The van der Waals surface area contributed by atoms with Crippen molar-refractivity contribution in [2.45, 2.75) is 13.3 Å². The van der Waals surface area contributed by atoms with Gasteiger partial charge in [-0.3, -0.25) is 4.79 Å². The molecular weight excluding hydrogens is 285 g/mol. The first-order chi connectivity index (χ1) is 8.08. The SMILES string of the molecule is CC(C(=O)Cc1ccc(F)cc1Br)C1CNC1. The van der Waals surface area contributed by atoms with E-state index in [1.165, 1.54) is 12.1 Å². The molecular formula is C13H15BrFNO. The molecule has 1 aliphatic heterocycles. The average Bonchev–Trinajstić information content (AvgIpc) is 2.19. The van der Waals surface area contributed by atoms with E-state index < -0.39 is 0 Å². The number of nitrogens with one attached hydrogen (secondary N) is 1. The summed E-state index contributed by atoms with van der Waals surface area (Å²) in [6.07, 6.45) is 0.374. The van der Waals surface area contributed by atoms with E-state index in [0.29, 0.717) is 16.8 Å². The molecule has 0 aliphatic carbocycles. The molecule has 1 aromatic carbocycles. The number of hydrogen-bond donors (Lipinski definition) is 1. The van der Waals surface area contributed by atoms with Crippen molar-refractivity contribution in [1.82, 2.24) is 5.32 Å². The van der Waals surface area contributed by atoms with Crippen LogP contribution in [0.2, 0.25) is 0 Å². The van der Waals surface area contributed by atoms with Crippen LogP contribution < -0.4 is 5.32 Å². The van der Waals surface area contributed by atoms with Crippen molar-refractivity contribution in [3.05, 3.63) is 34.1 Å². The number of halogens is 2. The molecule has 1 saturated heterocycles. The fourth-order valence-corrected chi connectivity index (χ4v) is 2.43. The molecule has 0 spiro atoms. The van der Waals surface area contributed by atoms with Crippen LogP contribution in [0.15, 0.2) is 22.7 Å². The molecule has 1 heterocycles. The van der Waals surface area contributed by atoms with E-state index in [1.807, 2.05) is 6.92 Å². The second-order valence-electron chi connectivity index (χ2n) is 4.59. The van der Waals surface area contributed by atoms with Gasteiger partial charge in [-0.15, -0.1) is 0 Å². The van der Waals surface area contributed by atoms with Gasteiger partial charge in [0.1, 0.15) is 11.6 Å². The molecule has 4 heteroatoms. The topological polar surface area (TPSA) is 29.1 Å². The van der Waals surface area contributed by atoms with Crippen LogP contribution in [0.4, 0.5) is 4.39 Å². The second kappa shape index (κ2) is 5.27. The predicted octanol–water partition coefficient (Wildman–Crippen LogP) is 2.56. The molecule has 0 amide bonds. The number of hydrogen-bond acceptors (Lipinski definition) is 2. The van der Waals surface area contributed by atoms with E-state index in [0.717, 1.165) is 18.7 Å². The highest BCUT2D eigenvalue weighted by molar-refractivity contribution is 9.10. The summed E-state index contributed by atoms with van der Waals surface area (Å²) in [5.74, 6) is 0.475. The van der Waals surface area contributed by atoms with Crippen LogP contribution in [0.1, 0.15) is 12.5 Å². The molecule has 0 saturated carbocycles. The quantitative estimate of drug-likeness (QED) is 0.926. The first kappa shape index (κ1) is 12.7. The summed E-state index contributed by atoms with van der Waals surface area (Å²) in [5, 5.41) is 3.17. The van der Waals surface area contributed by atoms with E-state index in [9.17, 15) is 9.18 Å². The van der Waals surface area contributed by atoms with E-state index in [2.05, 4.69) is 21.2 Å². The molecule has 1 aliphatic rings. The molecule has 92 valence electrons. The largest absolute Gasteiger partial charge is 0.316 e. The zero-order valence-corrected chi connectivity index (χ0v) is 11.3. The third kappa shape index (κ3) is 2.93. The summed E-state index contributed by atoms with van der Waals surface area (Å²) in [4.78, 5) is 12.0. The van der Waals surface area contributed by atoms with Crippen molar-refractivity contribution in [3.63, 3.8) is 0 Å². The Bertz CT molecular complexity index is 431. The minimum absolute atomic E-state index is 0.0770. The number of carbonyl (C=O) groups is 1. The molecule has 0 aromatic heterocycles. The summed E-state index contributed by atoms with van der Waals surface area (Å²) in [6, 6.07) is 4.46. The summed E-state index contributed by atoms with van der Waals surface area (Å²) in [7, 11) is 0. The molecule has 0 radical (unpaired) electrons. The van der Waals surface area contributed by atoms with Crippen molar-refractivity contribution < 1.29 is 9.18 Å². The van der Waals surface area contributed by atoms with Gasteiger partial charge in [-0.05, 0) is 36.7 Å². The number of rotatable bonds is 4. The maximum atomic E-state index is 12.9. The maximum absolute atomic E-state index is 12.9. The molecule has 2 rings (SSSR count). The Morgan fingerprint density at radius 2 is 2.29 bits per heavy atom. The smallest absolute Gasteiger partial charge is 0.140 e. The lowest BCUT2D eigenvalue weighted by Gasteiger charge is -2.31. The summed E-state index contributed by atoms with van der Waals surface area (Å²) < 4.78 is 13.6. The minimum atomic E-state index is -0.288. The van der Waals surface area contributed by atoms with Crippen molar-refractivity contribution >= 4 is 21.7 Å². The lowest BCUT2D eigenvalue weighted by molar-refractivity contribution is -0.123. The maximum Gasteiger partial charge on any atom is 0.140 e. The Kier molecular flexibility index (Phi) is 3.94. The van der Waals surface area contributed by atoms with E-state index in [4.69, 9.17) is 0 Å². The number of Topliss-reactive ketones (excluding diaryl/α,β-unsaturated/α-hetero) is 1. The lowest BCUT2D eigenvalue weighted by Crippen LogP contribution is -2.47. The van der Waals surface area contributed by atoms with E-state index in [1.54, 1.807) is 6.07 Å². The predicted molar refractivity (Wildman–Crippen MR) is 68.3 cm³/mol. The van der Waals surface area contributed by atoms with Gasteiger partial charge in [0.25, 0.3) is 0 Å². The molecule has 0 bridgehead atoms. The zero-order chi connectivity index (χ0) is 12.4. The number of benzene rings is 1. The van der Waals surface area contributed by atoms with E-state index in [-0.39, 0.29) is 17.5 Å². The van der Waals surface area contributed by atoms with Gasteiger partial charge in [-0.2, -0.15) is 0 Å². The molecule has 2 nitrogen and oxygen atoms in total. The van der Waals surface area contributed by atoms with Crippen molar-refractivity contribution in [2.75, 3.05) is 13.1 Å². The highest BCUT2D eigenvalue weighted by atomic mass is 79.9. The summed E-state index contributed by atoms with van der Waals surface area (Å²) in [5.41, 5.74) is 0.857. The van der Waals surface area contributed by atoms with Gasteiger partial charge in [-0.1, -0.05) is 28.9 Å². The average molecular weight is 300 g/mol. The summed E-state index contributed by atoms with van der Waals surface area (Å²) >= 11 is 3.29. The van der Waals surface area contributed by atoms with Crippen LogP contribution in [-0.4, -0.2) is 18.9 Å². The third-order valence-corrected chi connectivity index (χ3v) is 4.15. The van der Waals surface area contributed by atoms with E-state index >= 15 is 0 Å². The van der Waals surface area contributed by atoms with Gasteiger partial charge in [-0.25, -0.2) is 4.39 Å². The van der Waals surface area contributed by atoms with Crippen molar-refractivity contribution in [2.24, 2.45) is 11.8 Å². The first-order valence-electron chi connectivity index (χ1n) is 5.75. The molecule has 17 heavy (non-hydrogen) atoms. The Balaban J connectivity index is 2.02. The monoisotopic (exact) mass is 299 g/mol. The second-order valence-corrected chi connectivity index (χ2v) is 5.44. The lowest BCUT2D eigenvalue weighted by atomic mass is 9.84. The first-order valence-corrected chi connectivity index (χ1v) is 6.54.